The molecule has 2 nitrogen and oxygen atoms in total. The molecule has 4 heteroatoms. The highest BCUT2D eigenvalue weighted by Gasteiger charge is 2.20. The van der Waals surface area contributed by atoms with Crippen LogP contribution in [0.5, 0.6) is 0 Å². The Hall–Kier alpha value is -1.51. The first-order chi connectivity index (χ1) is 9.08. The van der Waals surface area contributed by atoms with E-state index in [1.165, 1.54) is 0 Å². The Kier molecular flexibility index (Phi) is 4.46. The van der Waals surface area contributed by atoms with Crippen LogP contribution in [0.25, 0.3) is 0 Å². The van der Waals surface area contributed by atoms with Gasteiger partial charge in [-0.3, -0.25) is 4.79 Å². The van der Waals surface area contributed by atoms with Crippen molar-refractivity contribution >= 4 is 29.2 Å². The molecule has 0 heterocycles. The van der Waals surface area contributed by atoms with Crippen LogP contribution in [0.4, 0.5) is 0 Å². The fourth-order valence-corrected chi connectivity index (χ4v) is 2.59. The van der Waals surface area contributed by atoms with Crippen molar-refractivity contribution in [2.45, 2.75) is 12.3 Å². The van der Waals surface area contributed by atoms with E-state index in [0.717, 1.165) is 11.1 Å². The molecule has 0 aliphatic rings. The molecule has 0 spiro atoms. The van der Waals surface area contributed by atoms with Gasteiger partial charge in [0.25, 0.3) is 0 Å². The van der Waals surface area contributed by atoms with E-state index in [1.807, 2.05) is 30.3 Å². The van der Waals surface area contributed by atoms with Crippen LogP contribution < -0.4 is 0 Å². The second-order valence-electron chi connectivity index (χ2n) is 4.23. The first kappa shape index (κ1) is 13.9. The summed E-state index contributed by atoms with van der Waals surface area (Å²) in [4.78, 5) is 11.1. The lowest BCUT2D eigenvalue weighted by Crippen LogP contribution is -2.08. The van der Waals surface area contributed by atoms with Crippen molar-refractivity contribution in [3.8, 4) is 0 Å². The molecule has 0 aliphatic heterocycles. The highest BCUT2D eigenvalue weighted by molar-refractivity contribution is 6.35. The van der Waals surface area contributed by atoms with Crippen molar-refractivity contribution in [3.05, 3.63) is 69.7 Å². The summed E-state index contributed by atoms with van der Waals surface area (Å²) in [6.45, 7) is 0. The number of hydrogen-bond acceptors (Lipinski definition) is 1. The van der Waals surface area contributed by atoms with Crippen LogP contribution in [0.3, 0.4) is 0 Å². The molecule has 2 aromatic rings. The van der Waals surface area contributed by atoms with E-state index < -0.39 is 5.97 Å². The highest BCUT2D eigenvalue weighted by atomic mass is 35.5. The maximum atomic E-state index is 11.1. The Balaban J connectivity index is 2.46. The lowest BCUT2D eigenvalue weighted by atomic mass is 9.88. The second-order valence-corrected chi connectivity index (χ2v) is 5.07. The normalized spacial score (nSPS) is 12.1. The van der Waals surface area contributed by atoms with E-state index in [1.54, 1.807) is 18.2 Å². The Morgan fingerprint density at radius 1 is 1.11 bits per heavy atom. The molecule has 0 radical (unpaired) electrons. The Morgan fingerprint density at radius 3 is 2.37 bits per heavy atom. The van der Waals surface area contributed by atoms with Crippen molar-refractivity contribution in [2.75, 3.05) is 0 Å². The summed E-state index contributed by atoms with van der Waals surface area (Å²) >= 11 is 12.1. The van der Waals surface area contributed by atoms with Crippen LogP contribution in [0.2, 0.25) is 10.0 Å². The molecule has 0 saturated carbocycles. The number of hydrogen-bond donors (Lipinski definition) is 1. The summed E-state index contributed by atoms with van der Waals surface area (Å²) < 4.78 is 0. The Bertz CT molecular complexity index is 582. The van der Waals surface area contributed by atoms with Gasteiger partial charge in [0.05, 0.1) is 6.42 Å². The first-order valence-corrected chi connectivity index (χ1v) is 6.55. The fraction of sp³-hybridized carbons (Fsp3) is 0.133. The highest BCUT2D eigenvalue weighted by Crippen LogP contribution is 2.34. The zero-order chi connectivity index (χ0) is 13.8. The van der Waals surface area contributed by atoms with Crippen molar-refractivity contribution in [2.24, 2.45) is 0 Å². The number of benzene rings is 2. The van der Waals surface area contributed by atoms with Crippen molar-refractivity contribution in [1.82, 2.24) is 0 Å². The predicted octanol–water partition coefficient (Wildman–Crippen LogP) is 4.60. The molecule has 0 aliphatic carbocycles. The van der Waals surface area contributed by atoms with Gasteiger partial charge in [-0.2, -0.15) is 0 Å². The fourth-order valence-electron chi connectivity index (χ4n) is 2.05. The molecule has 98 valence electrons. The van der Waals surface area contributed by atoms with Crippen LogP contribution in [-0.4, -0.2) is 11.1 Å². The third-order valence-electron chi connectivity index (χ3n) is 2.92. The number of carboxylic acid groups (broad SMARTS) is 1. The SMILES string of the molecule is O=C(O)C[C@H](c1ccccc1)c1ccc(Cl)cc1Cl. The minimum atomic E-state index is -0.861. The molecule has 0 amide bonds. The van der Waals surface area contributed by atoms with Crippen LogP contribution >= 0.6 is 23.2 Å². The monoisotopic (exact) mass is 294 g/mol. The maximum Gasteiger partial charge on any atom is 0.304 e. The summed E-state index contributed by atoms with van der Waals surface area (Å²) in [7, 11) is 0. The van der Waals surface area contributed by atoms with Gasteiger partial charge in [-0.15, -0.1) is 0 Å². The summed E-state index contributed by atoms with van der Waals surface area (Å²) in [5, 5.41) is 10.1. The molecule has 0 unspecified atom stereocenters. The molecule has 19 heavy (non-hydrogen) atoms. The average molecular weight is 295 g/mol. The summed E-state index contributed by atoms with van der Waals surface area (Å²) in [6.07, 6.45) is -0.00857. The van der Waals surface area contributed by atoms with Gasteiger partial charge in [-0.1, -0.05) is 59.6 Å². The minimum absolute atomic E-state index is 0.00857. The second kappa shape index (κ2) is 6.09. The van der Waals surface area contributed by atoms with Crippen LogP contribution in [0, 0.1) is 0 Å². The molecule has 2 aromatic carbocycles. The van der Waals surface area contributed by atoms with E-state index >= 15 is 0 Å². The van der Waals surface area contributed by atoms with Gasteiger partial charge < -0.3 is 5.11 Å². The maximum absolute atomic E-state index is 11.1. The first-order valence-electron chi connectivity index (χ1n) is 5.79. The number of rotatable bonds is 4. The van der Waals surface area contributed by atoms with Crippen molar-refractivity contribution < 1.29 is 9.90 Å². The average Bonchev–Trinajstić information content (AvgIpc) is 2.37. The quantitative estimate of drug-likeness (QED) is 0.895. The predicted molar refractivity (Wildman–Crippen MR) is 77.0 cm³/mol. The summed E-state index contributed by atoms with van der Waals surface area (Å²) in [5.74, 6) is -1.14. The third-order valence-corrected chi connectivity index (χ3v) is 3.48. The van der Waals surface area contributed by atoms with Gasteiger partial charge in [-0.05, 0) is 23.3 Å². The van der Waals surface area contributed by atoms with E-state index in [9.17, 15) is 4.79 Å². The van der Waals surface area contributed by atoms with E-state index in [2.05, 4.69) is 0 Å². The molecule has 0 saturated heterocycles. The molecule has 1 atom stereocenters. The van der Waals surface area contributed by atoms with Gasteiger partial charge >= 0.3 is 5.97 Å². The number of aliphatic carboxylic acids is 1. The van der Waals surface area contributed by atoms with Crippen molar-refractivity contribution in [1.29, 1.82) is 0 Å². The standard InChI is InChI=1S/C15H12Cl2O2/c16-11-6-7-12(14(17)8-11)13(9-15(18)19)10-4-2-1-3-5-10/h1-8,13H,9H2,(H,18,19)/t13-/m1/s1. The third kappa shape index (κ3) is 3.49. The minimum Gasteiger partial charge on any atom is -0.481 e. The number of carboxylic acids is 1. The number of halogens is 2. The Morgan fingerprint density at radius 2 is 1.79 bits per heavy atom. The molecular formula is C15H12Cl2O2. The van der Waals surface area contributed by atoms with Gasteiger partial charge in [0, 0.05) is 16.0 Å². The zero-order valence-electron chi connectivity index (χ0n) is 10.0. The summed E-state index contributed by atoms with van der Waals surface area (Å²) in [5.41, 5.74) is 1.70. The van der Waals surface area contributed by atoms with Gasteiger partial charge in [0.1, 0.15) is 0 Å². The van der Waals surface area contributed by atoms with Crippen molar-refractivity contribution in [3.63, 3.8) is 0 Å². The van der Waals surface area contributed by atoms with Crippen LogP contribution in [0.1, 0.15) is 23.5 Å². The van der Waals surface area contributed by atoms with Crippen LogP contribution in [0.15, 0.2) is 48.5 Å². The lowest BCUT2D eigenvalue weighted by molar-refractivity contribution is -0.137. The molecule has 2 rings (SSSR count). The lowest BCUT2D eigenvalue weighted by Gasteiger charge is -2.17. The van der Waals surface area contributed by atoms with E-state index in [4.69, 9.17) is 28.3 Å². The van der Waals surface area contributed by atoms with Gasteiger partial charge in [-0.25, -0.2) is 0 Å². The topological polar surface area (TPSA) is 37.3 Å². The van der Waals surface area contributed by atoms with Gasteiger partial charge in [0.15, 0.2) is 0 Å². The van der Waals surface area contributed by atoms with Crippen LogP contribution in [-0.2, 0) is 4.79 Å². The van der Waals surface area contributed by atoms with E-state index in [0.29, 0.717) is 10.0 Å². The van der Waals surface area contributed by atoms with E-state index in [-0.39, 0.29) is 12.3 Å². The smallest absolute Gasteiger partial charge is 0.304 e. The number of carbonyl (C=O) groups is 1. The molecule has 0 bridgehead atoms. The molecule has 0 fully saturated rings. The summed E-state index contributed by atoms with van der Waals surface area (Å²) in [6, 6.07) is 14.6. The molecule has 1 N–H and O–H groups in total. The molecular weight excluding hydrogens is 283 g/mol. The van der Waals surface area contributed by atoms with Gasteiger partial charge in [0.2, 0.25) is 0 Å². The Labute approximate surface area is 121 Å². The zero-order valence-corrected chi connectivity index (χ0v) is 11.5. The largest absolute Gasteiger partial charge is 0.481 e. The molecule has 0 aromatic heterocycles.